The molecule has 3 aromatic carbocycles. The molecule has 3 aromatic rings. The Morgan fingerprint density at radius 2 is 0.829 bits per heavy atom. The fourth-order valence-corrected chi connectivity index (χ4v) is 3.51. The predicted octanol–water partition coefficient (Wildman–Crippen LogP) is 3.71. The monoisotopic (exact) mass is 570 g/mol. The molecule has 12 heteroatoms. The van der Waals surface area contributed by atoms with Crippen LogP contribution in [-0.4, -0.2) is 74.4 Å². The van der Waals surface area contributed by atoms with Gasteiger partial charge < -0.3 is 43.7 Å². The van der Waals surface area contributed by atoms with Crippen LogP contribution in [-0.2, 0) is 14.2 Å². The van der Waals surface area contributed by atoms with Crippen molar-refractivity contribution in [2.45, 2.75) is 6.92 Å². The zero-order valence-electron chi connectivity index (χ0n) is 22.8. The number of hydrogen-bond acceptors (Lipinski definition) is 12. The molecule has 0 saturated carbocycles. The Bertz CT molecular complexity index is 1250. The second-order valence-electron chi connectivity index (χ2n) is 9.20. The average Bonchev–Trinajstić information content (AvgIpc) is 2.98. The van der Waals surface area contributed by atoms with Crippen molar-refractivity contribution < 1.29 is 58.1 Å². The molecule has 0 aliphatic rings. The molecule has 0 bridgehead atoms. The van der Waals surface area contributed by atoms with E-state index in [4.69, 9.17) is 28.4 Å². The van der Waals surface area contributed by atoms with Gasteiger partial charge in [0.15, 0.2) is 34.5 Å². The summed E-state index contributed by atoms with van der Waals surface area (Å²) in [5.41, 5.74) is -0.959. The Labute approximate surface area is 235 Å². The molecule has 3 N–H and O–H groups in total. The molecule has 0 atom stereocenters. The lowest BCUT2D eigenvalue weighted by Gasteiger charge is -2.28. The Morgan fingerprint density at radius 1 is 0.561 bits per heavy atom. The highest BCUT2D eigenvalue weighted by Crippen LogP contribution is 2.30. The number of esters is 3. The molecule has 0 heterocycles. The summed E-state index contributed by atoms with van der Waals surface area (Å²) >= 11 is 0. The van der Waals surface area contributed by atoms with Gasteiger partial charge in [-0.3, -0.25) is 0 Å². The summed E-state index contributed by atoms with van der Waals surface area (Å²) in [6, 6.07) is 11.7. The summed E-state index contributed by atoms with van der Waals surface area (Å²) in [7, 11) is 3.99. The lowest BCUT2D eigenvalue weighted by Crippen LogP contribution is -2.37. The summed E-state index contributed by atoms with van der Waals surface area (Å²) in [6.45, 7) is 0.557. The highest BCUT2D eigenvalue weighted by Gasteiger charge is 2.32. The van der Waals surface area contributed by atoms with Gasteiger partial charge >= 0.3 is 17.9 Å². The van der Waals surface area contributed by atoms with Crippen LogP contribution in [0.2, 0.25) is 0 Å². The highest BCUT2D eigenvalue weighted by atomic mass is 16.6. The molecule has 0 unspecified atom stereocenters. The summed E-state index contributed by atoms with van der Waals surface area (Å²) in [6.07, 6.45) is 0. The maximum atomic E-state index is 12.7. The van der Waals surface area contributed by atoms with E-state index in [0.29, 0.717) is 0 Å². The van der Waals surface area contributed by atoms with Gasteiger partial charge in [-0.15, -0.1) is 0 Å². The molecule has 0 spiro atoms. The lowest BCUT2D eigenvalue weighted by molar-refractivity contribution is -0.0288. The van der Waals surface area contributed by atoms with Crippen LogP contribution in [0.25, 0.3) is 0 Å². The van der Waals surface area contributed by atoms with E-state index in [-0.39, 0.29) is 71.0 Å². The van der Waals surface area contributed by atoms with E-state index < -0.39 is 23.3 Å². The number of ether oxygens (including phenoxy) is 6. The Balaban J connectivity index is 1.76. The molecule has 41 heavy (non-hydrogen) atoms. The first-order valence-electron chi connectivity index (χ1n) is 12.1. The van der Waals surface area contributed by atoms with E-state index in [1.807, 2.05) is 0 Å². The molecule has 0 fully saturated rings. The molecule has 0 aromatic heterocycles. The number of carbonyl (C=O) groups is 3. The van der Waals surface area contributed by atoms with Crippen LogP contribution in [0.1, 0.15) is 38.0 Å². The van der Waals surface area contributed by atoms with Gasteiger partial charge in [0.05, 0.1) is 43.4 Å². The Morgan fingerprint density at radius 3 is 1.07 bits per heavy atom. The maximum absolute atomic E-state index is 12.7. The largest absolute Gasteiger partial charge is 0.504 e. The van der Waals surface area contributed by atoms with Crippen molar-refractivity contribution >= 4 is 17.9 Å². The van der Waals surface area contributed by atoms with E-state index in [1.54, 1.807) is 6.92 Å². The van der Waals surface area contributed by atoms with E-state index in [2.05, 4.69) is 0 Å². The summed E-state index contributed by atoms with van der Waals surface area (Å²) in [5.74, 6) is -2.58. The van der Waals surface area contributed by atoms with Gasteiger partial charge in [-0.2, -0.15) is 0 Å². The minimum Gasteiger partial charge on any atom is -0.504 e. The smallest absolute Gasteiger partial charge is 0.338 e. The van der Waals surface area contributed by atoms with Gasteiger partial charge in [0.25, 0.3) is 0 Å². The third kappa shape index (κ3) is 7.72. The molecular formula is C29H30O12. The summed E-state index contributed by atoms with van der Waals surface area (Å²) < 4.78 is 31.4. The molecule has 218 valence electrons. The lowest BCUT2D eigenvalue weighted by atomic mass is 9.94. The van der Waals surface area contributed by atoms with Crippen molar-refractivity contribution in [2.75, 3.05) is 41.2 Å². The Kier molecular flexibility index (Phi) is 9.86. The van der Waals surface area contributed by atoms with Crippen LogP contribution in [0.4, 0.5) is 0 Å². The van der Waals surface area contributed by atoms with E-state index >= 15 is 0 Å². The molecule has 0 saturated heterocycles. The molecule has 0 amide bonds. The third-order valence-corrected chi connectivity index (χ3v) is 5.90. The number of phenols is 3. The van der Waals surface area contributed by atoms with Gasteiger partial charge in [-0.05, 0) is 61.5 Å². The highest BCUT2D eigenvalue weighted by molar-refractivity contribution is 5.91. The van der Waals surface area contributed by atoms with Crippen LogP contribution in [0.5, 0.6) is 34.5 Å². The zero-order chi connectivity index (χ0) is 30.2. The second-order valence-corrected chi connectivity index (χ2v) is 9.20. The van der Waals surface area contributed by atoms with Gasteiger partial charge in [-0.1, -0.05) is 0 Å². The summed E-state index contributed by atoms with van der Waals surface area (Å²) in [4.78, 5) is 38.2. The van der Waals surface area contributed by atoms with E-state index in [9.17, 15) is 29.7 Å². The SMILES string of the molecule is COc1cc(C(=O)OCC(C)(COC(=O)c2ccc(O)c(OC)c2)COC(=O)c2ccc(O)c(OC)c2)ccc1O. The topological polar surface area (TPSA) is 167 Å². The number of aromatic hydroxyl groups is 3. The van der Waals surface area contributed by atoms with Crippen LogP contribution >= 0.6 is 0 Å². The second kappa shape index (κ2) is 13.3. The maximum Gasteiger partial charge on any atom is 0.338 e. The van der Waals surface area contributed by atoms with Crippen molar-refractivity contribution in [3.63, 3.8) is 0 Å². The van der Waals surface area contributed by atoms with Crippen molar-refractivity contribution in [2.24, 2.45) is 5.41 Å². The Hall–Kier alpha value is -5.13. The van der Waals surface area contributed by atoms with Crippen molar-refractivity contribution in [1.82, 2.24) is 0 Å². The standard InChI is InChI=1S/C29H30O12/c1-29(14-39-26(33)17-5-8-20(30)23(11-17)36-2,15-40-27(34)18-6-9-21(31)24(12-18)37-3)16-41-28(35)19-7-10-22(32)25(13-19)38-4/h5-13,30-32H,14-16H2,1-4H3. The number of benzene rings is 3. The molecular weight excluding hydrogens is 540 g/mol. The number of phenolic OH excluding ortho intramolecular Hbond substituents is 3. The molecule has 3 rings (SSSR count). The molecule has 0 aliphatic carbocycles. The normalized spacial score (nSPS) is 10.8. The average molecular weight is 571 g/mol. The number of rotatable bonds is 12. The molecule has 12 nitrogen and oxygen atoms in total. The third-order valence-electron chi connectivity index (χ3n) is 5.90. The van der Waals surface area contributed by atoms with Crippen molar-refractivity contribution in [3.05, 3.63) is 71.3 Å². The van der Waals surface area contributed by atoms with Gasteiger partial charge in [0.1, 0.15) is 19.8 Å². The minimum absolute atomic E-state index is 0.0683. The van der Waals surface area contributed by atoms with Crippen LogP contribution in [0.15, 0.2) is 54.6 Å². The van der Waals surface area contributed by atoms with E-state index in [1.165, 1.54) is 75.9 Å². The summed E-state index contributed by atoms with van der Waals surface area (Å²) in [5, 5.41) is 29.4. The molecule has 0 aliphatic heterocycles. The van der Waals surface area contributed by atoms with Gasteiger partial charge in [-0.25, -0.2) is 14.4 Å². The molecule has 0 radical (unpaired) electrons. The predicted molar refractivity (Wildman–Crippen MR) is 143 cm³/mol. The number of carbonyl (C=O) groups excluding carboxylic acids is 3. The first-order chi connectivity index (χ1) is 19.5. The van der Waals surface area contributed by atoms with Crippen LogP contribution in [0, 0.1) is 5.41 Å². The first kappa shape index (κ1) is 30.4. The number of methoxy groups -OCH3 is 3. The fourth-order valence-electron chi connectivity index (χ4n) is 3.51. The van der Waals surface area contributed by atoms with Crippen molar-refractivity contribution in [3.8, 4) is 34.5 Å². The van der Waals surface area contributed by atoms with Crippen molar-refractivity contribution in [1.29, 1.82) is 0 Å². The van der Waals surface area contributed by atoms with Gasteiger partial charge in [0.2, 0.25) is 0 Å². The van der Waals surface area contributed by atoms with E-state index in [0.717, 1.165) is 0 Å². The van der Waals surface area contributed by atoms with Crippen LogP contribution < -0.4 is 14.2 Å². The fraction of sp³-hybridized carbons (Fsp3) is 0.276. The first-order valence-corrected chi connectivity index (χ1v) is 12.1. The quantitative estimate of drug-likeness (QED) is 0.214. The number of hydrogen-bond donors (Lipinski definition) is 3. The minimum atomic E-state index is -1.22. The zero-order valence-corrected chi connectivity index (χ0v) is 22.8. The van der Waals surface area contributed by atoms with Crippen LogP contribution in [0.3, 0.4) is 0 Å². The van der Waals surface area contributed by atoms with Gasteiger partial charge in [0, 0.05) is 0 Å².